The lowest BCUT2D eigenvalue weighted by Crippen LogP contribution is -2.51. The Kier molecular flexibility index (Phi) is 5.66. The van der Waals surface area contributed by atoms with Crippen LogP contribution >= 0.6 is 11.3 Å². The zero-order chi connectivity index (χ0) is 22.1. The second kappa shape index (κ2) is 8.75. The SMILES string of the molecule is NC(=O)N1CCN(c2nc(N[C@@H]3CCCNC3)c(-c3nc4ccccc4s3)c(=O)[nH]2)CC1. The minimum absolute atomic E-state index is 0.186. The number of hydrogen-bond acceptors (Lipinski definition) is 8. The van der Waals surface area contributed by atoms with Crippen LogP contribution in [0, 0.1) is 0 Å². The summed E-state index contributed by atoms with van der Waals surface area (Å²) in [6.45, 7) is 3.91. The van der Waals surface area contributed by atoms with E-state index in [4.69, 9.17) is 15.7 Å². The van der Waals surface area contributed by atoms with Crippen molar-refractivity contribution in [2.75, 3.05) is 49.5 Å². The fourth-order valence-corrected chi connectivity index (χ4v) is 5.21. The number of aromatic nitrogens is 3. The Hall–Kier alpha value is -3.18. The smallest absolute Gasteiger partial charge is 0.314 e. The molecular weight excluding hydrogens is 428 g/mol. The number of nitrogens with two attached hydrogens (primary N) is 1. The van der Waals surface area contributed by atoms with Gasteiger partial charge in [-0.05, 0) is 31.5 Å². The van der Waals surface area contributed by atoms with Crippen LogP contribution in [0.3, 0.4) is 0 Å². The van der Waals surface area contributed by atoms with Crippen LogP contribution in [-0.2, 0) is 0 Å². The Balaban J connectivity index is 1.52. The molecule has 0 saturated carbocycles. The van der Waals surface area contributed by atoms with E-state index < -0.39 is 6.03 Å². The molecule has 2 fully saturated rings. The van der Waals surface area contributed by atoms with Crippen molar-refractivity contribution in [1.82, 2.24) is 25.2 Å². The minimum atomic E-state index is -0.426. The number of aromatic amines is 1. The van der Waals surface area contributed by atoms with Crippen molar-refractivity contribution in [2.24, 2.45) is 5.73 Å². The van der Waals surface area contributed by atoms with E-state index in [0.29, 0.717) is 48.5 Å². The number of primary amides is 1. The van der Waals surface area contributed by atoms with Gasteiger partial charge in [-0.3, -0.25) is 9.78 Å². The van der Waals surface area contributed by atoms with Gasteiger partial charge in [0.05, 0.1) is 10.2 Å². The van der Waals surface area contributed by atoms with Crippen molar-refractivity contribution in [3.8, 4) is 10.6 Å². The predicted octanol–water partition coefficient (Wildman–Crippen LogP) is 1.41. The van der Waals surface area contributed by atoms with Gasteiger partial charge in [0.25, 0.3) is 5.56 Å². The lowest BCUT2D eigenvalue weighted by molar-refractivity contribution is 0.204. The molecule has 1 aromatic carbocycles. The number of nitrogens with zero attached hydrogens (tertiary/aromatic N) is 4. The number of anilines is 2. The standard InChI is InChI=1S/C21H26N8O2S/c22-20(31)28-8-10-29(11-9-28)21-26-17(24-13-4-3-7-23-12-13)16(18(30)27-21)19-25-14-5-1-2-6-15(14)32-19/h1-2,5-6,13,23H,3-4,7-12H2,(H2,22,31)(H2,24,26,27,30)/t13-/m1/s1. The number of urea groups is 1. The van der Waals surface area contributed by atoms with Gasteiger partial charge in [-0.2, -0.15) is 4.98 Å². The summed E-state index contributed by atoms with van der Waals surface area (Å²) in [5.74, 6) is 1.05. The Morgan fingerprint density at radius 1 is 1.19 bits per heavy atom. The summed E-state index contributed by atoms with van der Waals surface area (Å²) in [4.78, 5) is 40.8. The number of piperazine rings is 1. The molecule has 3 aromatic rings. The first-order valence-electron chi connectivity index (χ1n) is 10.9. The zero-order valence-electron chi connectivity index (χ0n) is 17.6. The van der Waals surface area contributed by atoms with Gasteiger partial charge in [0.1, 0.15) is 16.4 Å². The lowest BCUT2D eigenvalue weighted by Gasteiger charge is -2.34. The molecule has 0 bridgehead atoms. The number of thiazole rings is 1. The molecule has 10 nitrogen and oxygen atoms in total. The molecule has 168 valence electrons. The summed E-state index contributed by atoms with van der Waals surface area (Å²) in [5.41, 5.74) is 6.50. The second-order valence-corrected chi connectivity index (χ2v) is 9.13. The number of nitrogens with one attached hydrogen (secondary N) is 3. The molecule has 2 saturated heterocycles. The fraction of sp³-hybridized carbons (Fsp3) is 0.429. The maximum absolute atomic E-state index is 13.3. The molecule has 5 N–H and O–H groups in total. The molecule has 0 spiro atoms. The average molecular weight is 455 g/mol. The van der Waals surface area contributed by atoms with Gasteiger partial charge in [0.15, 0.2) is 0 Å². The highest BCUT2D eigenvalue weighted by Crippen LogP contribution is 2.32. The highest BCUT2D eigenvalue weighted by Gasteiger charge is 2.25. The molecule has 0 radical (unpaired) electrons. The van der Waals surface area contributed by atoms with Crippen LogP contribution in [0.5, 0.6) is 0 Å². The third-order valence-electron chi connectivity index (χ3n) is 5.94. The molecule has 1 atom stereocenters. The molecule has 0 aliphatic carbocycles. The summed E-state index contributed by atoms with van der Waals surface area (Å²) in [7, 11) is 0. The van der Waals surface area contributed by atoms with E-state index >= 15 is 0 Å². The molecule has 32 heavy (non-hydrogen) atoms. The molecule has 5 rings (SSSR count). The Morgan fingerprint density at radius 3 is 2.72 bits per heavy atom. The highest BCUT2D eigenvalue weighted by molar-refractivity contribution is 7.21. The van der Waals surface area contributed by atoms with Crippen molar-refractivity contribution in [3.05, 3.63) is 34.6 Å². The summed E-state index contributed by atoms with van der Waals surface area (Å²) >= 11 is 1.49. The van der Waals surface area contributed by atoms with Gasteiger partial charge in [-0.1, -0.05) is 12.1 Å². The van der Waals surface area contributed by atoms with Gasteiger partial charge in [-0.25, -0.2) is 9.78 Å². The number of para-hydroxylation sites is 1. The maximum Gasteiger partial charge on any atom is 0.314 e. The molecule has 4 heterocycles. The minimum Gasteiger partial charge on any atom is -0.365 e. The quantitative estimate of drug-likeness (QED) is 0.469. The van der Waals surface area contributed by atoms with Gasteiger partial charge < -0.3 is 26.2 Å². The van der Waals surface area contributed by atoms with E-state index in [9.17, 15) is 9.59 Å². The molecular formula is C21H26N8O2S. The molecule has 0 unspecified atom stereocenters. The Morgan fingerprint density at radius 2 is 2.00 bits per heavy atom. The topological polar surface area (TPSA) is 132 Å². The maximum atomic E-state index is 13.3. The Bertz CT molecular complexity index is 1150. The first-order valence-corrected chi connectivity index (χ1v) is 11.7. The van der Waals surface area contributed by atoms with Crippen LogP contribution < -0.4 is 26.8 Å². The van der Waals surface area contributed by atoms with E-state index in [1.807, 2.05) is 29.2 Å². The highest BCUT2D eigenvalue weighted by atomic mass is 32.1. The molecule has 2 aromatic heterocycles. The van der Waals surface area contributed by atoms with Gasteiger partial charge in [0.2, 0.25) is 5.95 Å². The number of hydrogen-bond donors (Lipinski definition) is 4. The monoisotopic (exact) mass is 454 g/mol. The normalized spacial score (nSPS) is 19.3. The summed E-state index contributed by atoms with van der Waals surface area (Å²) in [6, 6.07) is 7.62. The number of fused-ring (bicyclic) bond motifs is 1. The molecule has 2 aliphatic rings. The summed E-state index contributed by atoms with van der Waals surface area (Å²) in [5, 5.41) is 7.55. The lowest BCUT2D eigenvalue weighted by atomic mass is 10.1. The number of rotatable bonds is 4. The van der Waals surface area contributed by atoms with Crippen molar-refractivity contribution in [2.45, 2.75) is 18.9 Å². The number of benzene rings is 1. The van der Waals surface area contributed by atoms with Crippen LogP contribution in [0.2, 0.25) is 0 Å². The van der Waals surface area contributed by atoms with E-state index in [-0.39, 0.29) is 11.6 Å². The number of amides is 2. The van der Waals surface area contributed by atoms with Crippen LogP contribution in [0.1, 0.15) is 12.8 Å². The van der Waals surface area contributed by atoms with E-state index in [1.54, 1.807) is 4.90 Å². The summed E-state index contributed by atoms with van der Waals surface area (Å²) in [6.07, 6.45) is 2.08. The van der Waals surface area contributed by atoms with E-state index in [0.717, 1.165) is 36.1 Å². The first-order chi connectivity index (χ1) is 15.6. The third-order valence-corrected chi connectivity index (χ3v) is 7.00. The van der Waals surface area contributed by atoms with Gasteiger partial charge in [-0.15, -0.1) is 11.3 Å². The van der Waals surface area contributed by atoms with E-state index in [2.05, 4.69) is 15.6 Å². The third kappa shape index (κ3) is 4.13. The van der Waals surface area contributed by atoms with E-state index in [1.165, 1.54) is 11.3 Å². The fourth-order valence-electron chi connectivity index (χ4n) is 4.20. The molecule has 11 heteroatoms. The zero-order valence-corrected chi connectivity index (χ0v) is 18.5. The number of carbonyl (C=O) groups is 1. The first kappa shape index (κ1) is 20.7. The van der Waals surface area contributed by atoms with Gasteiger partial charge >= 0.3 is 6.03 Å². The van der Waals surface area contributed by atoms with Crippen LogP contribution in [0.25, 0.3) is 20.8 Å². The van der Waals surface area contributed by atoms with Crippen molar-refractivity contribution < 1.29 is 4.79 Å². The summed E-state index contributed by atoms with van der Waals surface area (Å²) < 4.78 is 1.03. The average Bonchev–Trinajstić information content (AvgIpc) is 3.23. The second-order valence-electron chi connectivity index (χ2n) is 8.10. The van der Waals surface area contributed by atoms with Gasteiger partial charge in [0, 0.05) is 38.8 Å². The van der Waals surface area contributed by atoms with Crippen molar-refractivity contribution in [1.29, 1.82) is 0 Å². The van der Waals surface area contributed by atoms with Crippen molar-refractivity contribution >= 4 is 39.4 Å². The van der Waals surface area contributed by atoms with Crippen LogP contribution in [-0.4, -0.2) is 71.2 Å². The Labute approximate surface area is 188 Å². The number of carbonyl (C=O) groups excluding carboxylic acids is 1. The molecule has 2 aliphatic heterocycles. The number of H-pyrrole nitrogens is 1. The van der Waals surface area contributed by atoms with Crippen LogP contribution in [0.15, 0.2) is 29.1 Å². The van der Waals surface area contributed by atoms with Crippen molar-refractivity contribution in [3.63, 3.8) is 0 Å². The molecule has 2 amide bonds. The van der Waals surface area contributed by atoms with Crippen LogP contribution in [0.4, 0.5) is 16.6 Å². The predicted molar refractivity (Wildman–Crippen MR) is 126 cm³/mol. The number of piperidine rings is 1. The largest absolute Gasteiger partial charge is 0.365 e.